The third kappa shape index (κ3) is 5.16. The molecule has 0 bridgehead atoms. The topological polar surface area (TPSA) is 47.6 Å². The Balaban J connectivity index is 2.56. The lowest BCUT2D eigenvalue weighted by atomic mass is 10.1. The van der Waals surface area contributed by atoms with Crippen molar-refractivity contribution in [2.24, 2.45) is 0 Å². The highest BCUT2D eigenvalue weighted by Crippen LogP contribution is 2.62. The lowest BCUT2D eigenvalue weighted by molar-refractivity contribution is 0.137. The molecule has 2 aromatic rings. The molecule has 0 unspecified atom stereocenters. The highest BCUT2D eigenvalue weighted by Gasteiger charge is 2.41. The summed E-state index contributed by atoms with van der Waals surface area (Å²) in [4.78, 5) is 0. The number of benzene rings is 2. The molecule has 0 fully saturated rings. The quantitative estimate of drug-likeness (QED) is 0.548. The molecule has 4 nitrogen and oxygen atoms in total. The maximum absolute atomic E-state index is 14.6. The highest BCUT2D eigenvalue weighted by molar-refractivity contribution is 7.54. The molecule has 0 radical (unpaired) electrons. The summed E-state index contributed by atoms with van der Waals surface area (Å²) in [5, 5.41) is 3.20. The number of nitrogens with one attached hydrogen (secondary N) is 1. The van der Waals surface area contributed by atoms with Gasteiger partial charge in [-0.25, -0.2) is 4.39 Å². The van der Waals surface area contributed by atoms with Gasteiger partial charge in [-0.15, -0.1) is 0 Å². The van der Waals surface area contributed by atoms with E-state index in [0.29, 0.717) is 0 Å². The number of hydrogen-bond donors (Lipinski definition) is 1. The summed E-state index contributed by atoms with van der Waals surface area (Å²) in [7, 11) is -3.73. The van der Waals surface area contributed by atoms with Crippen molar-refractivity contribution < 1.29 is 18.0 Å². The molecule has 26 heavy (non-hydrogen) atoms. The average Bonchev–Trinajstić information content (AvgIpc) is 2.53. The smallest absolute Gasteiger partial charge is 0.357 e. The molecule has 0 spiro atoms. The van der Waals surface area contributed by atoms with Crippen LogP contribution in [-0.4, -0.2) is 12.2 Å². The monoisotopic (exact) mass is 379 g/mol. The number of para-hydroxylation sites is 1. The van der Waals surface area contributed by atoms with E-state index in [4.69, 9.17) is 9.05 Å². The van der Waals surface area contributed by atoms with Crippen LogP contribution in [0.1, 0.15) is 44.6 Å². The molecule has 0 amide bonds. The molecule has 0 saturated carbocycles. The molecule has 2 rings (SSSR count). The Morgan fingerprint density at radius 2 is 1.46 bits per heavy atom. The SMILES string of the molecule is Cc1ccccc1N[C@@H](c1ccccc1F)P(=O)(OC(C)C)OC(C)C. The average molecular weight is 379 g/mol. The summed E-state index contributed by atoms with van der Waals surface area (Å²) in [6.07, 6.45) is -0.681. The van der Waals surface area contributed by atoms with Gasteiger partial charge in [0.1, 0.15) is 5.82 Å². The third-order valence-corrected chi connectivity index (χ3v) is 6.14. The molecule has 0 heterocycles. The predicted octanol–water partition coefficient (Wildman–Crippen LogP) is 6.29. The number of hydrogen-bond acceptors (Lipinski definition) is 4. The van der Waals surface area contributed by atoms with Gasteiger partial charge in [0.2, 0.25) is 0 Å². The molecule has 0 aliphatic rings. The number of halogens is 1. The van der Waals surface area contributed by atoms with E-state index in [9.17, 15) is 8.96 Å². The van der Waals surface area contributed by atoms with Crippen LogP contribution >= 0.6 is 7.60 Å². The molecule has 0 aliphatic heterocycles. The summed E-state index contributed by atoms with van der Waals surface area (Å²) in [6.45, 7) is 9.05. The zero-order valence-electron chi connectivity index (χ0n) is 15.9. The Morgan fingerprint density at radius 3 is 2.00 bits per heavy atom. The van der Waals surface area contributed by atoms with Crippen molar-refractivity contribution in [1.29, 1.82) is 0 Å². The van der Waals surface area contributed by atoms with Gasteiger partial charge in [0.15, 0.2) is 5.78 Å². The highest BCUT2D eigenvalue weighted by atomic mass is 31.2. The first-order valence-corrected chi connectivity index (χ1v) is 10.4. The molecule has 0 saturated heterocycles. The van der Waals surface area contributed by atoms with Crippen molar-refractivity contribution in [3.63, 3.8) is 0 Å². The first kappa shape index (κ1) is 20.6. The van der Waals surface area contributed by atoms with Gasteiger partial charge in [-0.2, -0.15) is 0 Å². The van der Waals surface area contributed by atoms with Crippen LogP contribution in [0, 0.1) is 12.7 Å². The number of aryl methyl sites for hydroxylation is 1. The van der Waals surface area contributed by atoms with Gasteiger partial charge in [-0.1, -0.05) is 36.4 Å². The molecule has 1 atom stereocenters. The Morgan fingerprint density at radius 1 is 0.923 bits per heavy atom. The fourth-order valence-electron chi connectivity index (χ4n) is 2.64. The maximum atomic E-state index is 14.6. The van der Waals surface area contributed by atoms with Crippen molar-refractivity contribution in [3.05, 3.63) is 65.5 Å². The third-order valence-electron chi connectivity index (χ3n) is 3.67. The molecule has 142 valence electrons. The van der Waals surface area contributed by atoms with Crippen LogP contribution in [0.25, 0.3) is 0 Å². The van der Waals surface area contributed by atoms with Crippen molar-refractivity contribution in [2.75, 3.05) is 5.32 Å². The standard InChI is InChI=1S/C20H27FNO3P/c1-14(2)24-26(23,25-15(3)4)20(17-11-7-8-12-18(17)21)22-19-13-9-6-10-16(19)5/h6-15,20,22H,1-5H3/t20-/m1/s1. The minimum atomic E-state index is -3.73. The van der Waals surface area contributed by atoms with E-state index < -0.39 is 19.2 Å². The summed E-state index contributed by atoms with van der Waals surface area (Å²) >= 11 is 0. The summed E-state index contributed by atoms with van der Waals surface area (Å²) in [5.74, 6) is -1.42. The molecule has 0 aliphatic carbocycles. The van der Waals surface area contributed by atoms with E-state index >= 15 is 0 Å². The van der Waals surface area contributed by atoms with E-state index in [2.05, 4.69) is 5.32 Å². The first-order valence-electron chi connectivity index (χ1n) is 8.76. The molecule has 0 aromatic heterocycles. The van der Waals surface area contributed by atoms with Crippen LogP contribution in [0.3, 0.4) is 0 Å². The van der Waals surface area contributed by atoms with Gasteiger partial charge in [-0.05, 0) is 52.3 Å². The largest absolute Gasteiger partial charge is 0.368 e. The molecule has 6 heteroatoms. The fraction of sp³-hybridized carbons (Fsp3) is 0.400. The van der Waals surface area contributed by atoms with Crippen LogP contribution in [0.15, 0.2) is 48.5 Å². The zero-order valence-corrected chi connectivity index (χ0v) is 16.8. The normalized spacial score (nSPS) is 13.2. The first-order chi connectivity index (χ1) is 12.2. The summed E-state index contributed by atoms with van der Waals surface area (Å²) in [6, 6.07) is 13.8. The minimum absolute atomic E-state index is 0.250. The van der Waals surface area contributed by atoms with Gasteiger partial charge in [-0.3, -0.25) is 4.57 Å². The lowest BCUT2D eigenvalue weighted by Crippen LogP contribution is -2.20. The second-order valence-electron chi connectivity index (χ2n) is 6.73. The lowest BCUT2D eigenvalue weighted by Gasteiger charge is -2.31. The summed E-state index contributed by atoms with van der Waals surface area (Å²) in [5.41, 5.74) is 1.95. The van der Waals surface area contributed by atoms with Crippen LogP contribution in [0.4, 0.5) is 10.1 Å². The maximum Gasteiger partial charge on any atom is 0.357 e. The summed E-state index contributed by atoms with van der Waals surface area (Å²) < 4.78 is 39.8. The van der Waals surface area contributed by atoms with Crippen LogP contribution in [-0.2, 0) is 13.6 Å². The van der Waals surface area contributed by atoms with E-state index in [1.165, 1.54) is 6.07 Å². The minimum Gasteiger partial charge on any atom is -0.368 e. The van der Waals surface area contributed by atoms with E-state index in [-0.39, 0.29) is 17.8 Å². The predicted molar refractivity (Wildman–Crippen MR) is 104 cm³/mol. The van der Waals surface area contributed by atoms with E-state index in [1.54, 1.807) is 45.9 Å². The Bertz CT molecular complexity index is 765. The molecule has 2 aromatic carbocycles. The van der Waals surface area contributed by atoms with E-state index in [1.807, 2.05) is 31.2 Å². The second-order valence-corrected chi connectivity index (χ2v) is 8.75. The fourth-order valence-corrected chi connectivity index (χ4v) is 4.96. The Kier molecular flexibility index (Phi) is 6.99. The van der Waals surface area contributed by atoms with Gasteiger partial charge in [0.05, 0.1) is 12.2 Å². The van der Waals surface area contributed by atoms with E-state index in [0.717, 1.165) is 11.3 Å². The van der Waals surface area contributed by atoms with Crippen molar-refractivity contribution in [2.45, 2.75) is 52.6 Å². The van der Waals surface area contributed by atoms with Crippen molar-refractivity contribution in [1.82, 2.24) is 0 Å². The van der Waals surface area contributed by atoms with Gasteiger partial charge in [0, 0.05) is 11.3 Å². The molecule has 1 N–H and O–H groups in total. The Hall–Kier alpha value is -1.68. The number of rotatable bonds is 8. The Labute approximate surface area is 155 Å². The molecular weight excluding hydrogens is 352 g/mol. The zero-order chi connectivity index (χ0) is 19.3. The van der Waals surface area contributed by atoms with Crippen LogP contribution in [0.2, 0.25) is 0 Å². The number of anilines is 1. The van der Waals surface area contributed by atoms with Crippen molar-refractivity contribution in [3.8, 4) is 0 Å². The van der Waals surface area contributed by atoms with Crippen LogP contribution in [0.5, 0.6) is 0 Å². The van der Waals surface area contributed by atoms with Gasteiger partial charge < -0.3 is 14.4 Å². The molecular formula is C20H27FNO3P. The van der Waals surface area contributed by atoms with Gasteiger partial charge >= 0.3 is 7.60 Å². The van der Waals surface area contributed by atoms with Crippen molar-refractivity contribution >= 4 is 13.3 Å². The second kappa shape index (κ2) is 8.81. The van der Waals surface area contributed by atoms with Gasteiger partial charge in [0.25, 0.3) is 0 Å². The van der Waals surface area contributed by atoms with Crippen LogP contribution < -0.4 is 5.32 Å².